The first-order valence-electron chi connectivity index (χ1n) is 9.73. The maximum absolute atomic E-state index is 12.0. The summed E-state index contributed by atoms with van der Waals surface area (Å²) < 4.78 is 0. The number of carbonyl (C=O) groups is 3. The Bertz CT molecular complexity index is 996. The van der Waals surface area contributed by atoms with Gasteiger partial charge < -0.3 is 4.90 Å². The number of allylic oxidation sites excluding steroid dienone is 5. The van der Waals surface area contributed by atoms with Crippen molar-refractivity contribution in [2.24, 2.45) is 5.92 Å². The fourth-order valence-electron chi connectivity index (χ4n) is 3.46. The van der Waals surface area contributed by atoms with Gasteiger partial charge in [-0.05, 0) is 42.7 Å². The van der Waals surface area contributed by atoms with E-state index in [4.69, 9.17) is 0 Å². The summed E-state index contributed by atoms with van der Waals surface area (Å²) in [6.07, 6.45) is 8.95. The van der Waals surface area contributed by atoms with Crippen LogP contribution in [0.4, 0.5) is 16.2 Å². The molecule has 1 aliphatic carbocycles. The van der Waals surface area contributed by atoms with E-state index in [0.717, 1.165) is 22.5 Å². The average molecular weight is 399 g/mol. The van der Waals surface area contributed by atoms with E-state index in [0.29, 0.717) is 6.42 Å². The Morgan fingerprint density at radius 2 is 1.40 bits per heavy atom. The number of carbonyl (C=O) groups excluding carboxylic acids is 3. The van der Waals surface area contributed by atoms with Crippen molar-refractivity contribution >= 4 is 29.2 Å². The van der Waals surface area contributed by atoms with Gasteiger partial charge in [-0.25, -0.2) is 4.79 Å². The molecule has 1 aliphatic heterocycles. The molecule has 0 unspecified atom stereocenters. The molecule has 1 heterocycles. The lowest BCUT2D eigenvalue weighted by Crippen LogP contribution is -2.55. The molecule has 1 saturated heterocycles. The second-order valence-electron chi connectivity index (χ2n) is 7.13. The third kappa shape index (κ3) is 4.38. The van der Waals surface area contributed by atoms with Gasteiger partial charge in [0.2, 0.25) is 11.8 Å². The van der Waals surface area contributed by atoms with Crippen LogP contribution >= 0.6 is 0 Å². The number of anilines is 2. The molecule has 4 amide bonds. The van der Waals surface area contributed by atoms with Crippen LogP contribution in [-0.4, -0.2) is 17.8 Å². The van der Waals surface area contributed by atoms with E-state index in [2.05, 4.69) is 46.0 Å². The molecular weight excluding hydrogens is 378 g/mol. The number of rotatable bonds is 5. The summed E-state index contributed by atoms with van der Waals surface area (Å²) in [6, 6.07) is 19.4. The van der Waals surface area contributed by atoms with Crippen LogP contribution in [0.3, 0.4) is 0 Å². The van der Waals surface area contributed by atoms with E-state index >= 15 is 0 Å². The quantitative estimate of drug-likeness (QED) is 0.746. The number of imide groups is 2. The van der Waals surface area contributed by atoms with Gasteiger partial charge in [-0.3, -0.25) is 20.2 Å². The van der Waals surface area contributed by atoms with Crippen LogP contribution in [0.15, 0.2) is 96.2 Å². The molecule has 1 fully saturated rings. The molecule has 0 atom stereocenters. The number of benzene rings is 2. The van der Waals surface area contributed by atoms with Crippen molar-refractivity contribution in [3.05, 3.63) is 96.2 Å². The minimum Gasteiger partial charge on any atom is -0.317 e. The van der Waals surface area contributed by atoms with E-state index in [1.165, 1.54) is 0 Å². The molecule has 6 heteroatoms. The Kier molecular flexibility index (Phi) is 5.57. The summed E-state index contributed by atoms with van der Waals surface area (Å²) in [5.41, 5.74) is 4.10. The van der Waals surface area contributed by atoms with E-state index in [1.807, 2.05) is 54.6 Å². The van der Waals surface area contributed by atoms with E-state index in [-0.39, 0.29) is 6.42 Å². The lowest BCUT2D eigenvalue weighted by Gasteiger charge is -2.23. The van der Waals surface area contributed by atoms with Gasteiger partial charge >= 0.3 is 6.03 Å². The standard InChI is InChI=1S/C24H21N3O3/c28-22-21(23(29)26-24(30)25-22)15-17-11-13-18(14-12-17)16-27(19-7-3-1-4-8-19)20-9-5-2-6-10-20/h1-13,16,21H,14-15H2,(H2,25,26,28,29,30). The highest BCUT2D eigenvalue weighted by Gasteiger charge is 2.34. The molecule has 2 aromatic rings. The maximum Gasteiger partial charge on any atom is 0.328 e. The van der Waals surface area contributed by atoms with Crippen molar-refractivity contribution in [1.29, 1.82) is 0 Å². The third-order valence-corrected chi connectivity index (χ3v) is 5.02. The van der Waals surface area contributed by atoms with Crippen LogP contribution in [0.2, 0.25) is 0 Å². The summed E-state index contributed by atoms with van der Waals surface area (Å²) in [5, 5.41) is 4.28. The number of hydrogen-bond donors (Lipinski definition) is 2. The second kappa shape index (κ2) is 8.61. The van der Waals surface area contributed by atoms with Crippen LogP contribution in [0, 0.1) is 5.92 Å². The first-order valence-corrected chi connectivity index (χ1v) is 9.73. The zero-order valence-electron chi connectivity index (χ0n) is 16.2. The Hall–Kier alpha value is -3.93. The number of hydrogen-bond acceptors (Lipinski definition) is 4. The fraction of sp³-hybridized carbons (Fsp3) is 0.125. The highest BCUT2D eigenvalue weighted by Crippen LogP contribution is 2.29. The molecule has 0 spiro atoms. The van der Waals surface area contributed by atoms with Crippen LogP contribution in [0.1, 0.15) is 12.8 Å². The predicted octanol–water partition coefficient (Wildman–Crippen LogP) is 3.97. The van der Waals surface area contributed by atoms with Gasteiger partial charge in [-0.15, -0.1) is 0 Å². The van der Waals surface area contributed by atoms with Crippen LogP contribution in [0.5, 0.6) is 0 Å². The van der Waals surface area contributed by atoms with E-state index in [1.54, 1.807) is 0 Å². The maximum atomic E-state index is 12.0. The number of amides is 4. The summed E-state index contributed by atoms with van der Waals surface area (Å²) in [5.74, 6) is -2.01. The molecule has 2 N–H and O–H groups in total. The van der Waals surface area contributed by atoms with Crippen molar-refractivity contribution in [2.75, 3.05) is 4.90 Å². The monoisotopic (exact) mass is 399 g/mol. The predicted molar refractivity (Wildman–Crippen MR) is 115 cm³/mol. The molecule has 0 aromatic heterocycles. The lowest BCUT2D eigenvalue weighted by molar-refractivity contribution is -0.135. The largest absolute Gasteiger partial charge is 0.328 e. The third-order valence-electron chi connectivity index (χ3n) is 5.02. The second-order valence-corrected chi connectivity index (χ2v) is 7.13. The Morgan fingerprint density at radius 3 is 1.90 bits per heavy atom. The summed E-state index contributed by atoms with van der Waals surface area (Å²) in [7, 11) is 0. The molecule has 2 aromatic carbocycles. The zero-order valence-corrected chi connectivity index (χ0v) is 16.2. The molecular formula is C24H21N3O3. The Morgan fingerprint density at radius 1 is 0.833 bits per heavy atom. The lowest BCUT2D eigenvalue weighted by atomic mass is 9.92. The van der Waals surface area contributed by atoms with Crippen molar-refractivity contribution < 1.29 is 14.4 Å². The minimum atomic E-state index is -0.894. The molecule has 0 bridgehead atoms. The molecule has 4 rings (SSSR count). The first kappa shape index (κ1) is 19.4. The Labute approximate surface area is 174 Å². The number of para-hydroxylation sites is 2. The van der Waals surface area contributed by atoms with E-state index < -0.39 is 23.8 Å². The van der Waals surface area contributed by atoms with Crippen LogP contribution in [-0.2, 0) is 9.59 Å². The van der Waals surface area contributed by atoms with Gasteiger partial charge in [0.1, 0.15) is 5.92 Å². The molecule has 6 nitrogen and oxygen atoms in total. The van der Waals surface area contributed by atoms with Crippen molar-refractivity contribution in [2.45, 2.75) is 12.8 Å². The van der Waals surface area contributed by atoms with Crippen molar-refractivity contribution in [3.63, 3.8) is 0 Å². The highest BCUT2D eigenvalue weighted by molar-refractivity contribution is 6.16. The zero-order chi connectivity index (χ0) is 20.9. The number of barbiturate groups is 1. The van der Waals surface area contributed by atoms with Crippen molar-refractivity contribution in [1.82, 2.24) is 10.6 Å². The normalized spacial score (nSPS) is 18.1. The molecule has 2 aliphatic rings. The topological polar surface area (TPSA) is 78.5 Å². The molecule has 150 valence electrons. The smallest absolute Gasteiger partial charge is 0.317 e. The number of nitrogens with one attached hydrogen (secondary N) is 2. The summed E-state index contributed by atoms with van der Waals surface area (Å²) in [4.78, 5) is 37.2. The van der Waals surface area contributed by atoms with Gasteiger partial charge in [0, 0.05) is 17.6 Å². The van der Waals surface area contributed by atoms with Crippen LogP contribution < -0.4 is 15.5 Å². The molecule has 0 saturated carbocycles. The van der Waals surface area contributed by atoms with Crippen LogP contribution in [0.25, 0.3) is 0 Å². The number of nitrogens with zero attached hydrogens (tertiary/aromatic N) is 1. The summed E-state index contributed by atoms with van der Waals surface area (Å²) in [6.45, 7) is 0. The fourth-order valence-corrected chi connectivity index (χ4v) is 3.46. The Balaban J connectivity index is 1.51. The summed E-state index contributed by atoms with van der Waals surface area (Å²) >= 11 is 0. The van der Waals surface area contributed by atoms with Gasteiger partial charge in [0.25, 0.3) is 0 Å². The minimum absolute atomic E-state index is 0.260. The van der Waals surface area contributed by atoms with Crippen molar-refractivity contribution in [3.8, 4) is 0 Å². The van der Waals surface area contributed by atoms with E-state index in [9.17, 15) is 14.4 Å². The SMILES string of the molecule is O=C1NC(=O)C(CC2=CCC(=CN(c3ccccc3)c3ccccc3)C=C2)C(=O)N1. The highest BCUT2D eigenvalue weighted by atomic mass is 16.2. The van der Waals surface area contributed by atoms with Gasteiger partial charge in [0.05, 0.1) is 0 Å². The molecule has 0 radical (unpaired) electrons. The molecule has 30 heavy (non-hydrogen) atoms. The van der Waals surface area contributed by atoms with Gasteiger partial charge in [0.15, 0.2) is 0 Å². The first-order chi connectivity index (χ1) is 14.6. The van der Waals surface area contributed by atoms with Gasteiger partial charge in [-0.1, -0.05) is 60.2 Å². The average Bonchev–Trinajstić information content (AvgIpc) is 2.77. The van der Waals surface area contributed by atoms with Gasteiger partial charge in [-0.2, -0.15) is 0 Å². The number of urea groups is 1.